The van der Waals surface area contributed by atoms with Crippen molar-refractivity contribution in [3.63, 3.8) is 0 Å². The number of benzene rings is 1. The maximum absolute atomic E-state index is 12.1. The SMILES string of the molecule is CCNc1cc(Nc2ccc(NC(=O)c3cnccn3)cc2)nc(C)n1. The van der Waals surface area contributed by atoms with Gasteiger partial charge in [0.2, 0.25) is 0 Å². The van der Waals surface area contributed by atoms with E-state index in [1.807, 2.05) is 32.0 Å². The van der Waals surface area contributed by atoms with Gasteiger partial charge in [-0.2, -0.15) is 0 Å². The van der Waals surface area contributed by atoms with E-state index in [4.69, 9.17) is 0 Å². The van der Waals surface area contributed by atoms with Crippen LogP contribution in [0.3, 0.4) is 0 Å². The minimum atomic E-state index is -0.305. The summed E-state index contributed by atoms with van der Waals surface area (Å²) in [6, 6.07) is 9.17. The molecule has 1 amide bonds. The highest BCUT2D eigenvalue weighted by atomic mass is 16.1. The zero-order valence-electron chi connectivity index (χ0n) is 14.5. The van der Waals surface area contributed by atoms with Gasteiger partial charge >= 0.3 is 0 Å². The minimum absolute atomic E-state index is 0.266. The third kappa shape index (κ3) is 4.50. The first-order valence-corrected chi connectivity index (χ1v) is 8.18. The normalized spacial score (nSPS) is 10.2. The van der Waals surface area contributed by atoms with Gasteiger partial charge < -0.3 is 16.0 Å². The molecule has 0 aliphatic rings. The number of rotatable bonds is 6. The predicted molar refractivity (Wildman–Crippen MR) is 101 cm³/mol. The van der Waals surface area contributed by atoms with Gasteiger partial charge in [-0.25, -0.2) is 15.0 Å². The molecule has 0 fully saturated rings. The van der Waals surface area contributed by atoms with Crippen molar-refractivity contribution in [2.24, 2.45) is 0 Å². The predicted octanol–water partition coefficient (Wildman–Crippen LogP) is 3.00. The van der Waals surface area contributed by atoms with Gasteiger partial charge in [0.05, 0.1) is 6.20 Å². The first-order chi connectivity index (χ1) is 12.6. The molecule has 0 aliphatic carbocycles. The van der Waals surface area contributed by atoms with E-state index in [2.05, 4.69) is 35.9 Å². The van der Waals surface area contributed by atoms with Crippen LogP contribution in [0.4, 0.5) is 23.0 Å². The molecule has 3 rings (SSSR count). The lowest BCUT2D eigenvalue weighted by atomic mass is 10.2. The Morgan fingerprint density at radius 1 is 1.04 bits per heavy atom. The van der Waals surface area contributed by atoms with Crippen molar-refractivity contribution in [3.8, 4) is 0 Å². The summed E-state index contributed by atoms with van der Waals surface area (Å²) in [4.78, 5) is 28.6. The van der Waals surface area contributed by atoms with Crippen molar-refractivity contribution < 1.29 is 4.79 Å². The van der Waals surface area contributed by atoms with Gasteiger partial charge in [0, 0.05) is 36.4 Å². The molecule has 0 aliphatic heterocycles. The number of hydrogen-bond acceptors (Lipinski definition) is 7. The summed E-state index contributed by atoms with van der Waals surface area (Å²) in [7, 11) is 0. The molecule has 0 spiro atoms. The summed E-state index contributed by atoms with van der Waals surface area (Å²) in [5.74, 6) is 1.85. The number of nitrogens with one attached hydrogen (secondary N) is 3. The molecule has 2 aromatic heterocycles. The van der Waals surface area contributed by atoms with E-state index in [0.717, 1.165) is 18.1 Å². The van der Waals surface area contributed by atoms with Gasteiger partial charge in [0.25, 0.3) is 5.91 Å². The van der Waals surface area contributed by atoms with E-state index in [-0.39, 0.29) is 11.6 Å². The Balaban J connectivity index is 1.67. The largest absolute Gasteiger partial charge is 0.370 e. The Hall–Kier alpha value is -3.55. The van der Waals surface area contributed by atoms with Crippen LogP contribution in [0.2, 0.25) is 0 Å². The van der Waals surface area contributed by atoms with Crippen molar-refractivity contribution in [1.82, 2.24) is 19.9 Å². The monoisotopic (exact) mass is 349 g/mol. The summed E-state index contributed by atoms with van der Waals surface area (Å²) in [6.07, 6.45) is 4.42. The van der Waals surface area contributed by atoms with Crippen molar-refractivity contribution in [3.05, 3.63) is 60.4 Å². The second-order valence-electron chi connectivity index (χ2n) is 5.46. The van der Waals surface area contributed by atoms with Gasteiger partial charge in [-0.3, -0.25) is 9.78 Å². The lowest BCUT2D eigenvalue weighted by molar-refractivity contribution is 0.102. The quantitative estimate of drug-likeness (QED) is 0.628. The van der Waals surface area contributed by atoms with Crippen LogP contribution in [0.5, 0.6) is 0 Å². The van der Waals surface area contributed by atoms with Crippen LogP contribution in [0.1, 0.15) is 23.2 Å². The van der Waals surface area contributed by atoms with Crippen LogP contribution in [0.15, 0.2) is 48.9 Å². The van der Waals surface area contributed by atoms with Gasteiger partial charge in [0.15, 0.2) is 0 Å². The summed E-state index contributed by atoms with van der Waals surface area (Å²) >= 11 is 0. The summed E-state index contributed by atoms with van der Waals surface area (Å²) < 4.78 is 0. The summed E-state index contributed by atoms with van der Waals surface area (Å²) in [6.45, 7) is 4.64. The molecule has 2 heterocycles. The number of nitrogens with zero attached hydrogens (tertiary/aromatic N) is 4. The van der Waals surface area contributed by atoms with Crippen LogP contribution >= 0.6 is 0 Å². The Kier molecular flexibility index (Phi) is 5.33. The highest BCUT2D eigenvalue weighted by molar-refractivity contribution is 6.02. The van der Waals surface area contributed by atoms with Crippen molar-refractivity contribution >= 4 is 28.9 Å². The summed E-state index contributed by atoms with van der Waals surface area (Å²) in [5.41, 5.74) is 1.78. The molecular formula is C18H19N7O. The fraction of sp³-hybridized carbons (Fsp3) is 0.167. The molecule has 26 heavy (non-hydrogen) atoms. The van der Waals surface area contributed by atoms with Crippen molar-refractivity contribution in [2.75, 3.05) is 22.5 Å². The molecule has 3 aromatic rings. The number of aryl methyl sites for hydroxylation is 1. The minimum Gasteiger partial charge on any atom is -0.370 e. The Morgan fingerprint density at radius 2 is 1.77 bits per heavy atom. The Morgan fingerprint density at radius 3 is 2.46 bits per heavy atom. The van der Waals surface area contributed by atoms with Gasteiger partial charge in [0.1, 0.15) is 23.2 Å². The Labute approximate surface area is 151 Å². The van der Waals surface area contributed by atoms with Gasteiger partial charge in [-0.15, -0.1) is 0 Å². The average molecular weight is 349 g/mol. The number of aromatic nitrogens is 4. The molecule has 0 atom stereocenters. The zero-order valence-corrected chi connectivity index (χ0v) is 14.5. The fourth-order valence-electron chi connectivity index (χ4n) is 2.30. The maximum Gasteiger partial charge on any atom is 0.275 e. The second kappa shape index (κ2) is 8.02. The molecular weight excluding hydrogens is 330 g/mol. The Bertz CT molecular complexity index is 882. The fourth-order valence-corrected chi connectivity index (χ4v) is 2.30. The number of hydrogen-bond donors (Lipinski definition) is 3. The van der Waals surface area contributed by atoms with E-state index >= 15 is 0 Å². The molecule has 0 saturated carbocycles. The molecule has 0 bridgehead atoms. The van der Waals surface area contributed by atoms with E-state index in [1.165, 1.54) is 18.6 Å². The van der Waals surface area contributed by atoms with Gasteiger partial charge in [-0.05, 0) is 38.1 Å². The first-order valence-electron chi connectivity index (χ1n) is 8.18. The lowest BCUT2D eigenvalue weighted by Gasteiger charge is -2.10. The molecule has 1 aromatic carbocycles. The molecule has 8 heteroatoms. The molecule has 3 N–H and O–H groups in total. The highest BCUT2D eigenvalue weighted by Gasteiger charge is 2.07. The lowest BCUT2D eigenvalue weighted by Crippen LogP contribution is -2.13. The van der Waals surface area contributed by atoms with E-state index in [9.17, 15) is 4.79 Å². The van der Waals surface area contributed by atoms with Crippen molar-refractivity contribution in [2.45, 2.75) is 13.8 Å². The van der Waals surface area contributed by atoms with E-state index in [0.29, 0.717) is 17.3 Å². The maximum atomic E-state index is 12.1. The molecule has 132 valence electrons. The van der Waals surface area contributed by atoms with E-state index < -0.39 is 0 Å². The standard InChI is InChI=1S/C18H19N7O/c1-3-20-16-10-17(23-12(2)22-16)24-13-4-6-14(7-5-13)25-18(26)15-11-19-8-9-21-15/h4-11H,3H2,1-2H3,(H,25,26)(H2,20,22,23,24). The highest BCUT2D eigenvalue weighted by Crippen LogP contribution is 2.19. The number of carbonyl (C=O) groups is 1. The molecule has 8 nitrogen and oxygen atoms in total. The number of carbonyl (C=O) groups excluding carboxylic acids is 1. The number of amides is 1. The average Bonchev–Trinajstić information content (AvgIpc) is 2.64. The summed E-state index contributed by atoms with van der Waals surface area (Å²) in [5, 5.41) is 9.18. The second-order valence-corrected chi connectivity index (χ2v) is 5.46. The topological polar surface area (TPSA) is 105 Å². The smallest absolute Gasteiger partial charge is 0.275 e. The van der Waals surface area contributed by atoms with Crippen LogP contribution in [-0.4, -0.2) is 32.4 Å². The third-order valence-corrected chi connectivity index (χ3v) is 3.41. The molecule has 0 radical (unpaired) electrons. The molecule has 0 unspecified atom stereocenters. The zero-order chi connectivity index (χ0) is 18.4. The van der Waals surface area contributed by atoms with Crippen molar-refractivity contribution in [1.29, 1.82) is 0 Å². The third-order valence-electron chi connectivity index (χ3n) is 3.41. The van der Waals surface area contributed by atoms with Crippen LogP contribution < -0.4 is 16.0 Å². The first kappa shape index (κ1) is 17.3. The van der Waals surface area contributed by atoms with Gasteiger partial charge in [-0.1, -0.05) is 0 Å². The number of anilines is 4. The van der Waals surface area contributed by atoms with Crippen LogP contribution in [0.25, 0.3) is 0 Å². The van der Waals surface area contributed by atoms with E-state index in [1.54, 1.807) is 12.1 Å². The molecule has 0 saturated heterocycles. The van der Waals surface area contributed by atoms with Crippen LogP contribution in [-0.2, 0) is 0 Å². The van der Waals surface area contributed by atoms with Crippen LogP contribution in [0, 0.1) is 6.92 Å².